The van der Waals surface area contributed by atoms with Crippen molar-refractivity contribution >= 4 is 29.6 Å². The van der Waals surface area contributed by atoms with Crippen LogP contribution in [0.25, 0.3) is 12.2 Å². The van der Waals surface area contributed by atoms with E-state index in [9.17, 15) is 19.7 Å². The van der Waals surface area contributed by atoms with E-state index in [0.29, 0.717) is 13.2 Å². The first-order valence-corrected chi connectivity index (χ1v) is 19.8. The second-order valence-electron chi connectivity index (χ2n) is 13.5. The Morgan fingerprint density at radius 2 is 1.02 bits per heavy atom. The van der Waals surface area contributed by atoms with Crippen molar-refractivity contribution in [1.29, 1.82) is 0 Å². The molecule has 0 spiro atoms. The van der Waals surface area contributed by atoms with Gasteiger partial charge in [-0.15, -0.1) is 0 Å². The zero-order valence-electron chi connectivity index (χ0n) is 31.9. The summed E-state index contributed by atoms with van der Waals surface area (Å²) in [5.41, 5.74) is 1.17. The monoisotopic (exact) mass is 725 g/mol. The van der Waals surface area contributed by atoms with Gasteiger partial charge in [0.25, 0.3) is 0 Å². The van der Waals surface area contributed by atoms with Crippen molar-refractivity contribution in [2.24, 2.45) is 0 Å². The Bertz CT molecular complexity index is 1560. The molecule has 3 rings (SSSR count). The summed E-state index contributed by atoms with van der Waals surface area (Å²) in [6, 6.07) is 18.5. The normalized spacial score (nSPS) is 11.3. The van der Waals surface area contributed by atoms with Crippen molar-refractivity contribution in [2.75, 3.05) is 13.2 Å². The molecule has 8 nitrogen and oxygen atoms in total. The van der Waals surface area contributed by atoms with Gasteiger partial charge in [-0.1, -0.05) is 141 Å². The number of carbonyl (C=O) groups is 2. The molecular weight excluding hydrogens is 666 g/mol. The Balaban J connectivity index is 1.36. The fraction of sp³-hybridized carbons (Fsp3) is 0.467. The highest BCUT2D eigenvalue weighted by atomic mass is 16.6. The van der Waals surface area contributed by atoms with Crippen molar-refractivity contribution < 1.29 is 28.7 Å². The number of nitrogens with zero attached hydrogens (tertiary/aromatic N) is 1. The van der Waals surface area contributed by atoms with Crippen LogP contribution < -0.4 is 14.2 Å². The maximum Gasteiger partial charge on any atom is 0.336 e. The standard InChI is InChI=1S/C45H59NO7/c1-3-5-7-8-9-10-11-12-13-14-15-16-17-19-35-52-41-27-20-37(21-28-41)24-31-43(47)39-26-32-44(42(36-39)46(49)50)53-45(48)33-25-38-22-29-40(30-23-38)51-34-18-6-4-2/h20-33,36H,3-19,34-35H2,1-2H3/b31-24+,33-25+. The molecule has 0 heterocycles. The molecular formula is C45H59NO7. The summed E-state index contributed by atoms with van der Waals surface area (Å²) in [5.74, 6) is 0.0834. The topological polar surface area (TPSA) is 105 Å². The van der Waals surface area contributed by atoms with Crippen LogP contribution in [-0.2, 0) is 4.79 Å². The maximum atomic E-state index is 12.9. The first-order chi connectivity index (χ1) is 25.9. The third-order valence-electron chi connectivity index (χ3n) is 9.03. The molecule has 0 bridgehead atoms. The number of carbonyl (C=O) groups excluding carboxylic acids is 2. The Morgan fingerprint density at radius 1 is 0.585 bits per heavy atom. The fourth-order valence-electron chi connectivity index (χ4n) is 5.85. The first-order valence-electron chi connectivity index (χ1n) is 19.8. The van der Waals surface area contributed by atoms with E-state index in [4.69, 9.17) is 14.2 Å². The van der Waals surface area contributed by atoms with Crippen LogP contribution in [0.3, 0.4) is 0 Å². The number of rotatable bonds is 28. The number of hydrogen-bond acceptors (Lipinski definition) is 7. The van der Waals surface area contributed by atoms with Gasteiger partial charge < -0.3 is 14.2 Å². The second-order valence-corrected chi connectivity index (χ2v) is 13.5. The van der Waals surface area contributed by atoms with Gasteiger partial charge in [0.2, 0.25) is 5.75 Å². The predicted molar refractivity (Wildman–Crippen MR) is 215 cm³/mol. The van der Waals surface area contributed by atoms with E-state index in [0.717, 1.165) is 54.4 Å². The van der Waals surface area contributed by atoms with E-state index in [-0.39, 0.29) is 11.3 Å². The highest BCUT2D eigenvalue weighted by molar-refractivity contribution is 6.07. The number of nitro groups is 1. The summed E-state index contributed by atoms with van der Waals surface area (Å²) < 4.78 is 16.9. The number of ether oxygens (including phenoxy) is 3. The molecule has 0 fully saturated rings. The maximum absolute atomic E-state index is 12.9. The second kappa shape index (κ2) is 26.1. The summed E-state index contributed by atoms with van der Waals surface area (Å²) in [4.78, 5) is 36.4. The zero-order valence-corrected chi connectivity index (χ0v) is 31.9. The number of esters is 1. The molecule has 0 saturated heterocycles. The predicted octanol–water partition coefficient (Wildman–Crippen LogP) is 12.5. The van der Waals surface area contributed by atoms with Crippen LogP contribution in [0.2, 0.25) is 0 Å². The molecule has 0 aliphatic rings. The lowest BCUT2D eigenvalue weighted by molar-refractivity contribution is -0.385. The Hall–Kier alpha value is -4.72. The molecule has 0 N–H and O–H groups in total. The average Bonchev–Trinajstić information content (AvgIpc) is 3.17. The van der Waals surface area contributed by atoms with E-state index in [1.54, 1.807) is 24.3 Å². The summed E-state index contributed by atoms with van der Waals surface area (Å²) in [5, 5.41) is 11.8. The smallest absolute Gasteiger partial charge is 0.336 e. The van der Waals surface area contributed by atoms with E-state index in [1.807, 2.05) is 36.4 Å². The lowest BCUT2D eigenvalue weighted by Gasteiger charge is -2.07. The number of unbranched alkanes of at least 4 members (excludes halogenated alkanes) is 15. The SMILES string of the molecule is CCCCCCCCCCCCCCCCOc1ccc(/C=C/C(=O)c2ccc(OC(=O)/C=C/c3ccc(OCCCCC)cc3)c([N+](=O)[O-])c2)cc1. The summed E-state index contributed by atoms with van der Waals surface area (Å²) >= 11 is 0. The summed E-state index contributed by atoms with van der Waals surface area (Å²) in [6.07, 6.45) is 27.5. The van der Waals surface area contributed by atoms with E-state index < -0.39 is 22.4 Å². The molecule has 0 aliphatic heterocycles. The molecule has 0 saturated carbocycles. The Morgan fingerprint density at radius 3 is 1.51 bits per heavy atom. The highest BCUT2D eigenvalue weighted by Gasteiger charge is 2.20. The third kappa shape index (κ3) is 18.1. The van der Waals surface area contributed by atoms with Gasteiger partial charge in [0.1, 0.15) is 11.5 Å². The molecule has 0 aromatic heterocycles. The zero-order chi connectivity index (χ0) is 37.9. The van der Waals surface area contributed by atoms with Crippen LogP contribution >= 0.6 is 0 Å². The molecule has 0 aliphatic carbocycles. The minimum atomic E-state index is -0.779. The van der Waals surface area contributed by atoms with Gasteiger partial charge in [-0.25, -0.2) is 4.79 Å². The van der Waals surface area contributed by atoms with Crippen molar-refractivity contribution in [3.8, 4) is 17.2 Å². The summed E-state index contributed by atoms with van der Waals surface area (Å²) in [6.45, 7) is 5.73. The molecule has 0 atom stereocenters. The van der Waals surface area contributed by atoms with Crippen molar-refractivity contribution in [3.63, 3.8) is 0 Å². The van der Waals surface area contributed by atoms with Crippen LogP contribution in [0.5, 0.6) is 17.2 Å². The molecule has 0 unspecified atom stereocenters. The van der Waals surface area contributed by atoms with Gasteiger partial charge in [-0.05, 0) is 72.5 Å². The number of hydrogen-bond donors (Lipinski definition) is 0. The highest BCUT2D eigenvalue weighted by Crippen LogP contribution is 2.29. The molecule has 53 heavy (non-hydrogen) atoms. The van der Waals surface area contributed by atoms with Crippen molar-refractivity contribution in [3.05, 3.63) is 106 Å². The minimum absolute atomic E-state index is 0.105. The van der Waals surface area contributed by atoms with Crippen LogP contribution in [0.15, 0.2) is 78.9 Å². The number of allylic oxidation sites excluding steroid dienone is 1. The van der Waals surface area contributed by atoms with Gasteiger partial charge in [0, 0.05) is 17.7 Å². The lowest BCUT2D eigenvalue weighted by atomic mass is 10.0. The van der Waals surface area contributed by atoms with Crippen LogP contribution in [-0.4, -0.2) is 29.9 Å². The van der Waals surface area contributed by atoms with Crippen molar-refractivity contribution in [2.45, 2.75) is 123 Å². The van der Waals surface area contributed by atoms with Gasteiger partial charge in [0.05, 0.1) is 18.1 Å². The van der Waals surface area contributed by atoms with Gasteiger partial charge in [-0.2, -0.15) is 0 Å². The van der Waals surface area contributed by atoms with Gasteiger partial charge in [-0.3, -0.25) is 14.9 Å². The Kier molecular flexibility index (Phi) is 21.0. The molecule has 286 valence electrons. The van der Waals surface area contributed by atoms with Crippen LogP contribution in [0, 0.1) is 10.1 Å². The largest absolute Gasteiger partial charge is 0.494 e. The average molecular weight is 726 g/mol. The van der Waals surface area contributed by atoms with Crippen LogP contribution in [0.4, 0.5) is 5.69 Å². The van der Waals surface area contributed by atoms with Crippen LogP contribution in [0.1, 0.15) is 144 Å². The third-order valence-corrected chi connectivity index (χ3v) is 9.03. The molecule has 0 radical (unpaired) electrons. The number of ketones is 1. The Labute approximate surface area is 316 Å². The van der Waals surface area contributed by atoms with E-state index in [2.05, 4.69) is 13.8 Å². The molecule has 3 aromatic carbocycles. The van der Waals surface area contributed by atoms with E-state index in [1.165, 1.54) is 108 Å². The molecule has 8 heteroatoms. The fourth-order valence-corrected chi connectivity index (χ4v) is 5.85. The quantitative estimate of drug-likeness (QED) is 0.0139. The summed E-state index contributed by atoms with van der Waals surface area (Å²) in [7, 11) is 0. The van der Waals surface area contributed by atoms with Crippen molar-refractivity contribution in [1.82, 2.24) is 0 Å². The lowest BCUT2D eigenvalue weighted by Crippen LogP contribution is -2.07. The number of benzene rings is 3. The minimum Gasteiger partial charge on any atom is -0.494 e. The first kappa shape index (κ1) is 42.7. The number of nitro benzene ring substituents is 1. The van der Waals surface area contributed by atoms with Gasteiger partial charge >= 0.3 is 11.7 Å². The molecule has 0 amide bonds. The van der Waals surface area contributed by atoms with E-state index >= 15 is 0 Å². The molecule has 3 aromatic rings. The van der Waals surface area contributed by atoms with Gasteiger partial charge in [0.15, 0.2) is 5.78 Å².